The van der Waals surface area contributed by atoms with Crippen LogP contribution in [0.3, 0.4) is 0 Å². The highest BCUT2D eigenvalue weighted by Crippen LogP contribution is 2.29. The van der Waals surface area contributed by atoms with E-state index < -0.39 is 21.7 Å². The molecular weight excluding hydrogens is 411 g/mol. The van der Waals surface area contributed by atoms with Gasteiger partial charge in [-0.05, 0) is 36.4 Å². The molecule has 1 aliphatic heterocycles. The molecule has 0 unspecified atom stereocenters. The van der Waals surface area contributed by atoms with Crippen LogP contribution in [0.4, 0.5) is 10.1 Å². The van der Waals surface area contributed by atoms with Crippen molar-refractivity contribution in [2.45, 2.75) is 4.90 Å². The van der Waals surface area contributed by atoms with Gasteiger partial charge in [-0.2, -0.15) is 4.31 Å². The molecule has 2 aromatic carbocycles. The van der Waals surface area contributed by atoms with Crippen LogP contribution in [-0.4, -0.2) is 51.5 Å². The third-order valence-corrected chi connectivity index (χ3v) is 6.17. The normalized spacial score (nSPS) is 15.2. The van der Waals surface area contributed by atoms with Gasteiger partial charge >= 0.3 is 0 Å². The highest BCUT2D eigenvalue weighted by Gasteiger charge is 2.27. The second-order valence-electron chi connectivity index (χ2n) is 5.96. The van der Waals surface area contributed by atoms with Crippen molar-refractivity contribution in [3.05, 3.63) is 53.3 Å². The van der Waals surface area contributed by atoms with E-state index in [1.165, 1.54) is 40.7 Å². The summed E-state index contributed by atoms with van der Waals surface area (Å²) >= 11 is 6.12. The van der Waals surface area contributed by atoms with Crippen LogP contribution in [0, 0.1) is 5.82 Å². The Hall–Kier alpha value is -2.20. The molecule has 0 aromatic heterocycles. The minimum atomic E-state index is -3.68. The zero-order valence-corrected chi connectivity index (χ0v) is 16.3. The average molecular weight is 429 g/mol. The molecule has 0 saturated carbocycles. The highest BCUT2D eigenvalue weighted by molar-refractivity contribution is 7.89. The number of carbonyl (C=O) groups excluding carboxylic acids is 1. The van der Waals surface area contributed by atoms with Crippen molar-refractivity contribution in [3.8, 4) is 5.75 Å². The Morgan fingerprint density at radius 1 is 1.21 bits per heavy atom. The number of halogens is 2. The summed E-state index contributed by atoms with van der Waals surface area (Å²) in [7, 11) is -3.68. The monoisotopic (exact) mass is 428 g/mol. The molecule has 2 aromatic rings. The van der Waals surface area contributed by atoms with Crippen molar-refractivity contribution in [1.82, 2.24) is 4.31 Å². The van der Waals surface area contributed by atoms with Crippen LogP contribution < -0.4 is 10.1 Å². The SMILES string of the molecule is O=C(COc1ccc(S(=O)(=O)N2CCOCC2)cc1Cl)Nc1cccc(F)c1. The fourth-order valence-corrected chi connectivity index (χ4v) is 4.34. The number of hydrogen-bond donors (Lipinski definition) is 1. The quantitative estimate of drug-likeness (QED) is 0.764. The maximum Gasteiger partial charge on any atom is 0.262 e. The summed E-state index contributed by atoms with van der Waals surface area (Å²) in [6, 6.07) is 9.50. The van der Waals surface area contributed by atoms with Gasteiger partial charge in [-0.1, -0.05) is 17.7 Å². The van der Waals surface area contributed by atoms with Crippen LogP contribution in [0.1, 0.15) is 0 Å². The van der Waals surface area contributed by atoms with Gasteiger partial charge in [-0.25, -0.2) is 12.8 Å². The lowest BCUT2D eigenvalue weighted by Gasteiger charge is -2.26. The topological polar surface area (TPSA) is 84.9 Å². The van der Waals surface area contributed by atoms with Crippen LogP contribution in [-0.2, 0) is 19.6 Å². The van der Waals surface area contributed by atoms with E-state index in [0.29, 0.717) is 18.9 Å². The first-order chi connectivity index (χ1) is 13.4. The van der Waals surface area contributed by atoms with E-state index in [0.717, 1.165) is 0 Å². The summed E-state index contributed by atoms with van der Waals surface area (Å²) < 4.78 is 50.2. The maximum atomic E-state index is 13.1. The zero-order chi connectivity index (χ0) is 20.1. The number of carbonyl (C=O) groups is 1. The van der Waals surface area contributed by atoms with Gasteiger partial charge in [0.1, 0.15) is 11.6 Å². The first kappa shape index (κ1) is 20.5. The number of benzene rings is 2. The molecule has 1 fully saturated rings. The van der Waals surface area contributed by atoms with Gasteiger partial charge in [0.15, 0.2) is 6.61 Å². The molecular formula is C18H18ClFN2O5S. The fourth-order valence-electron chi connectivity index (χ4n) is 2.60. The molecule has 1 N–H and O–H groups in total. The Kier molecular flexibility index (Phi) is 6.50. The summed E-state index contributed by atoms with van der Waals surface area (Å²) in [6.45, 7) is 0.867. The van der Waals surface area contributed by atoms with Crippen LogP contribution in [0.15, 0.2) is 47.4 Å². The molecule has 150 valence electrons. The van der Waals surface area contributed by atoms with Crippen molar-refractivity contribution in [1.29, 1.82) is 0 Å². The minimum Gasteiger partial charge on any atom is -0.482 e. The molecule has 1 aliphatic rings. The first-order valence-corrected chi connectivity index (χ1v) is 10.2. The van der Waals surface area contributed by atoms with Gasteiger partial charge in [0.25, 0.3) is 5.91 Å². The molecule has 1 amide bonds. The molecule has 1 heterocycles. The summed E-state index contributed by atoms with van der Waals surface area (Å²) in [5.41, 5.74) is 0.298. The molecule has 0 radical (unpaired) electrons. The van der Waals surface area contributed by atoms with Crippen LogP contribution in [0.2, 0.25) is 5.02 Å². The van der Waals surface area contributed by atoms with Gasteiger partial charge in [-0.3, -0.25) is 4.79 Å². The van der Waals surface area contributed by atoms with Gasteiger partial charge < -0.3 is 14.8 Å². The van der Waals surface area contributed by atoms with Gasteiger partial charge in [0.05, 0.1) is 23.1 Å². The largest absolute Gasteiger partial charge is 0.482 e. The lowest BCUT2D eigenvalue weighted by atomic mass is 10.3. The Balaban J connectivity index is 1.63. The van der Waals surface area contributed by atoms with E-state index in [1.54, 1.807) is 6.07 Å². The highest BCUT2D eigenvalue weighted by atomic mass is 35.5. The number of morpholine rings is 1. The number of hydrogen-bond acceptors (Lipinski definition) is 5. The molecule has 0 atom stereocenters. The third-order valence-electron chi connectivity index (χ3n) is 3.98. The molecule has 1 saturated heterocycles. The number of sulfonamides is 1. The van der Waals surface area contributed by atoms with E-state index in [9.17, 15) is 17.6 Å². The van der Waals surface area contributed by atoms with Gasteiger partial charge in [0.2, 0.25) is 10.0 Å². The van der Waals surface area contributed by atoms with Crippen LogP contribution in [0.5, 0.6) is 5.75 Å². The van der Waals surface area contributed by atoms with Crippen LogP contribution in [0.25, 0.3) is 0 Å². The van der Waals surface area contributed by atoms with Crippen molar-refractivity contribution in [2.75, 3.05) is 38.2 Å². The van der Waals surface area contributed by atoms with Gasteiger partial charge in [-0.15, -0.1) is 0 Å². The summed E-state index contributed by atoms with van der Waals surface area (Å²) in [4.78, 5) is 12.0. The summed E-state index contributed by atoms with van der Waals surface area (Å²) in [5, 5.41) is 2.55. The van der Waals surface area contributed by atoms with E-state index in [-0.39, 0.29) is 35.4 Å². The van der Waals surface area contributed by atoms with Gasteiger partial charge in [0, 0.05) is 18.8 Å². The van der Waals surface area contributed by atoms with Crippen molar-refractivity contribution < 1.29 is 27.1 Å². The molecule has 0 aliphatic carbocycles. The van der Waals surface area contributed by atoms with E-state index in [1.807, 2.05) is 0 Å². The molecule has 3 rings (SSSR count). The predicted molar refractivity (Wildman–Crippen MR) is 102 cm³/mol. The van der Waals surface area contributed by atoms with E-state index >= 15 is 0 Å². The summed E-state index contributed by atoms with van der Waals surface area (Å²) in [5.74, 6) is -0.817. The smallest absolute Gasteiger partial charge is 0.262 e. The standard InChI is InChI=1S/C18H18ClFN2O5S/c19-16-11-15(28(24,25)22-6-8-26-9-7-22)4-5-17(16)27-12-18(23)21-14-3-1-2-13(20)10-14/h1-5,10-11H,6-9,12H2,(H,21,23). The van der Waals surface area contributed by atoms with Crippen molar-refractivity contribution >= 4 is 33.2 Å². The fraction of sp³-hybridized carbons (Fsp3) is 0.278. The lowest BCUT2D eigenvalue weighted by Crippen LogP contribution is -2.40. The average Bonchev–Trinajstić information content (AvgIpc) is 2.67. The summed E-state index contributed by atoms with van der Waals surface area (Å²) in [6.07, 6.45) is 0. The Labute approximate surface area is 167 Å². The minimum absolute atomic E-state index is 0.0379. The number of amides is 1. The van der Waals surface area contributed by atoms with E-state index in [2.05, 4.69) is 5.32 Å². The van der Waals surface area contributed by atoms with Crippen molar-refractivity contribution in [2.24, 2.45) is 0 Å². The number of nitrogens with one attached hydrogen (secondary N) is 1. The third kappa shape index (κ3) is 4.99. The molecule has 0 spiro atoms. The predicted octanol–water partition coefficient (Wildman–Crippen LogP) is 2.52. The van der Waals surface area contributed by atoms with Crippen LogP contribution >= 0.6 is 11.6 Å². The molecule has 10 heteroatoms. The number of rotatable bonds is 6. The Morgan fingerprint density at radius 2 is 1.96 bits per heavy atom. The molecule has 0 bridgehead atoms. The molecule has 28 heavy (non-hydrogen) atoms. The number of anilines is 1. The Bertz CT molecular complexity index is 964. The second-order valence-corrected chi connectivity index (χ2v) is 8.30. The molecule has 7 nitrogen and oxygen atoms in total. The first-order valence-electron chi connectivity index (χ1n) is 8.42. The lowest BCUT2D eigenvalue weighted by molar-refractivity contribution is -0.118. The zero-order valence-electron chi connectivity index (χ0n) is 14.7. The van der Waals surface area contributed by atoms with Crippen molar-refractivity contribution in [3.63, 3.8) is 0 Å². The number of ether oxygens (including phenoxy) is 2. The maximum absolute atomic E-state index is 13.1. The Morgan fingerprint density at radius 3 is 2.64 bits per heavy atom. The van der Waals surface area contributed by atoms with E-state index in [4.69, 9.17) is 21.1 Å². The second kappa shape index (κ2) is 8.87. The number of nitrogens with zero attached hydrogens (tertiary/aromatic N) is 1.